The summed E-state index contributed by atoms with van der Waals surface area (Å²) in [7, 11) is 0. The molecule has 0 aliphatic heterocycles. The molecule has 1 aromatic carbocycles. The molecule has 0 aliphatic rings. The third kappa shape index (κ3) is 4.06. The average molecular weight is 307 g/mol. The zero-order chi connectivity index (χ0) is 12.0. The summed E-state index contributed by atoms with van der Waals surface area (Å²) in [4.78, 5) is 0. The normalized spacial score (nSPS) is 12.8. The largest absolute Gasteiger partial charge is 0.380 e. The van der Waals surface area contributed by atoms with Gasteiger partial charge < -0.3 is 10.1 Å². The first-order valence-electron chi connectivity index (χ1n) is 5.45. The van der Waals surface area contributed by atoms with Gasteiger partial charge in [0.1, 0.15) is 0 Å². The van der Waals surface area contributed by atoms with Gasteiger partial charge in [0.15, 0.2) is 0 Å². The van der Waals surface area contributed by atoms with Gasteiger partial charge in [-0.25, -0.2) is 0 Å². The summed E-state index contributed by atoms with van der Waals surface area (Å²) >= 11 is 9.61. The summed E-state index contributed by atoms with van der Waals surface area (Å²) in [6.07, 6.45) is 0. The van der Waals surface area contributed by atoms with Gasteiger partial charge in [0.05, 0.1) is 12.6 Å². The molecule has 0 spiro atoms. The minimum absolute atomic E-state index is 0.158. The number of hydrogen-bond acceptors (Lipinski definition) is 2. The summed E-state index contributed by atoms with van der Waals surface area (Å²) in [5.74, 6) is 0. The first-order chi connectivity index (χ1) is 7.69. The Labute approximate surface area is 110 Å². The molecule has 0 radical (unpaired) electrons. The number of benzene rings is 1. The van der Waals surface area contributed by atoms with Crippen molar-refractivity contribution in [1.29, 1.82) is 0 Å². The topological polar surface area (TPSA) is 21.3 Å². The van der Waals surface area contributed by atoms with E-state index in [0.717, 1.165) is 28.2 Å². The zero-order valence-corrected chi connectivity index (χ0v) is 11.9. The highest BCUT2D eigenvalue weighted by molar-refractivity contribution is 9.10. The van der Waals surface area contributed by atoms with E-state index in [2.05, 4.69) is 28.2 Å². The fourth-order valence-electron chi connectivity index (χ4n) is 1.52. The van der Waals surface area contributed by atoms with Crippen LogP contribution in [0.15, 0.2) is 22.7 Å². The molecule has 0 fully saturated rings. The lowest BCUT2D eigenvalue weighted by Crippen LogP contribution is -2.25. The molecule has 0 amide bonds. The van der Waals surface area contributed by atoms with Gasteiger partial charge in [0.25, 0.3) is 0 Å². The molecule has 1 rings (SSSR count). The van der Waals surface area contributed by atoms with Crippen LogP contribution in [0, 0.1) is 0 Å². The van der Waals surface area contributed by atoms with Crippen molar-refractivity contribution in [3.63, 3.8) is 0 Å². The molecule has 1 N–H and O–H groups in total. The quantitative estimate of drug-likeness (QED) is 0.863. The summed E-state index contributed by atoms with van der Waals surface area (Å²) in [6, 6.07) is 6.09. The van der Waals surface area contributed by atoms with Crippen LogP contribution in [-0.2, 0) is 4.74 Å². The molecule has 1 unspecified atom stereocenters. The van der Waals surface area contributed by atoms with Crippen molar-refractivity contribution in [2.24, 2.45) is 0 Å². The molecule has 2 nitrogen and oxygen atoms in total. The summed E-state index contributed by atoms with van der Waals surface area (Å²) < 4.78 is 6.45. The van der Waals surface area contributed by atoms with E-state index in [-0.39, 0.29) is 6.04 Å². The van der Waals surface area contributed by atoms with Crippen LogP contribution < -0.4 is 5.32 Å². The molecule has 0 saturated heterocycles. The predicted molar refractivity (Wildman–Crippen MR) is 72.1 cm³/mol. The highest BCUT2D eigenvalue weighted by atomic mass is 79.9. The lowest BCUT2D eigenvalue weighted by Gasteiger charge is -2.19. The van der Waals surface area contributed by atoms with Crippen molar-refractivity contribution in [2.75, 3.05) is 19.8 Å². The molecule has 90 valence electrons. The Hall–Kier alpha value is -0.0900. The zero-order valence-electron chi connectivity index (χ0n) is 9.59. The first kappa shape index (κ1) is 14.0. The van der Waals surface area contributed by atoms with Crippen LogP contribution in [0.25, 0.3) is 0 Å². The van der Waals surface area contributed by atoms with Crippen LogP contribution in [0.4, 0.5) is 0 Å². The minimum atomic E-state index is 0.158. The molecule has 0 bridgehead atoms. The second-order valence-corrected chi connectivity index (χ2v) is 4.76. The van der Waals surface area contributed by atoms with E-state index < -0.39 is 0 Å². The third-order valence-electron chi connectivity index (χ3n) is 2.28. The van der Waals surface area contributed by atoms with E-state index in [4.69, 9.17) is 16.3 Å². The lowest BCUT2D eigenvalue weighted by atomic mass is 10.1. The van der Waals surface area contributed by atoms with Gasteiger partial charge in [-0.1, -0.05) is 40.5 Å². The molecule has 0 aliphatic carbocycles. The molecular formula is C12H17BrClNO. The molecule has 0 aromatic heterocycles. The van der Waals surface area contributed by atoms with Gasteiger partial charge in [0.2, 0.25) is 0 Å². The number of likely N-dealkylation sites (N-methyl/N-ethyl adjacent to an activating group) is 1. The first-order valence-corrected chi connectivity index (χ1v) is 6.62. The van der Waals surface area contributed by atoms with Crippen LogP contribution in [0.3, 0.4) is 0 Å². The number of nitrogens with one attached hydrogen (secondary N) is 1. The maximum Gasteiger partial charge on any atom is 0.0661 e. The van der Waals surface area contributed by atoms with E-state index in [1.54, 1.807) is 0 Å². The minimum Gasteiger partial charge on any atom is -0.380 e. The van der Waals surface area contributed by atoms with Crippen molar-refractivity contribution < 1.29 is 4.74 Å². The van der Waals surface area contributed by atoms with Gasteiger partial charge in [0, 0.05) is 16.1 Å². The standard InChI is InChI=1S/C12H17BrClNO/c1-3-15-12(8-16-4-2)10-6-5-9(13)7-11(10)14/h5-7,12,15H,3-4,8H2,1-2H3. The summed E-state index contributed by atoms with van der Waals surface area (Å²) in [5, 5.41) is 4.13. The van der Waals surface area contributed by atoms with E-state index >= 15 is 0 Å². The number of rotatable bonds is 6. The molecule has 0 heterocycles. The smallest absolute Gasteiger partial charge is 0.0661 e. The van der Waals surface area contributed by atoms with Crippen molar-refractivity contribution in [1.82, 2.24) is 5.32 Å². The van der Waals surface area contributed by atoms with Crippen molar-refractivity contribution in [2.45, 2.75) is 19.9 Å². The van der Waals surface area contributed by atoms with Crippen LogP contribution in [0.5, 0.6) is 0 Å². The van der Waals surface area contributed by atoms with Gasteiger partial charge in [-0.3, -0.25) is 0 Å². The highest BCUT2D eigenvalue weighted by Gasteiger charge is 2.13. The average Bonchev–Trinajstić information content (AvgIpc) is 2.25. The Balaban J connectivity index is 2.82. The second kappa shape index (κ2) is 7.28. The Kier molecular flexibility index (Phi) is 6.36. The Morgan fingerprint density at radius 2 is 2.19 bits per heavy atom. The molecule has 4 heteroatoms. The molecule has 0 saturated carbocycles. The fraction of sp³-hybridized carbons (Fsp3) is 0.500. The van der Waals surface area contributed by atoms with Crippen LogP contribution in [0.2, 0.25) is 5.02 Å². The summed E-state index contributed by atoms with van der Waals surface area (Å²) in [6.45, 7) is 6.32. The van der Waals surface area contributed by atoms with Crippen LogP contribution in [-0.4, -0.2) is 19.8 Å². The van der Waals surface area contributed by atoms with E-state index in [0.29, 0.717) is 6.61 Å². The Bertz CT molecular complexity index is 333. The van der Waals surface area contributed by atoms with Gasteiger partial charge in [-0.05, 0) is 31.2 Å². The monoisotopic (exact) mass is 305 g/mol. The molecule has 1 atom stereocenters. The van der Waals surface area contributed by atoms with E-state index in [9.17, 15) is 0 Å². The SMILES string of the molecule is CCNC(COCC)c1ccc(Br)cc1Cl. The highest BCUT2D eigenvalue weighted by Crippen LogP contribution is 2.26. The van der Waals surface area contributed by atoms with Gasteiger partial charge in [-0.15, -0.1) is 0 Å². The lowest BCUT2D eigenvalue weighted by molar-refractivity contribution is 0.123. The molecule has 1 aromatic rings. The fourth-order valence-corrected chi connectivity index (χ4v) is 2.33. The molecule has 16 heavy (non-hydrogen) atoms. The maximum absolute atomic E-state index is 6.21. The number of hydrogen-bond donors (Lipinski definition) is 1. The second-order valence-electron chi connectivity index (χ2n) is 3.44. The van der Waals surface area contributed by atoms with Crippen LogP contribution >= 0.6 is 27.5 Å². The third-order valence-corrected chi connectivity index (χ3v) is 3.10. The number of ether oxygens (including phenoxy) is 1. The number of halogens is 2. The predicted octanol–water partition coefficient (Wildman–Crippen LogP) is 3.79. The van der Waals surface area contributed by atoms with Crippen molar-refractivity contribution in [3.8, 4) is 0 Å². The van der Waals surface area contributed by atoms with Gasteiger partial charge in [-0.2, -0.15) is 0 Å². The Morgan fingerprint density at radius 1 is 1.44 bits per heavy atom. The van der Waals surface area contributed by atoms with E-state index in [1.165, 1.54) is 0 Å². The summed E-state index contributed by atoms with van der Waals surface area (Å²) in [5.41, 5.74) is 1.08. The van der Waals surface area contributed by atoms with Crippen molar-refractivity contribution >= 4 is 27.5 Å². The van der Waals surface area contributed by atoms with E-state index in [1.807, 2.05) is 25.1 Å². The molecular weight excluding hydrogens is 289 g/mol. The van der Waals surface area contributed by atoms with Gasteiger partial charge >= 0.3 is 0 Å². The Morgan fingerprint density at radius 3 is 2.75 bits per heavy atom. The van der Waals surface area contributed by atoms with Crippen LogP contribution in [0.1, 0.15) is 25.5 Å². The van der Waals surface area contributed by atoms with Crippen molar-refractivity contribution in [3.05, 3.63) is 33.3 Å². The maximum atomic E-state index is 6.21.